The average molecular weight is 222 g/mol. The fourth-order valence-corrected chi connectivity index (χ4v) is 2.10. The molecule has 3 rings (SSSR count). The molecule has 2 aromatic carbocycles. The van der Waals surface area contributed by atoms with Gasteiger partial charge in [-0.3, -0.25) is 0 Å². The van der Waals surface area contributed by atoms with E-state index in [-0.39, 0.29) is 0 Å². The van der Waals surface area contributed by atoms with Crippen molar-refractivity contribution in [3.63, 3.8) is 0 Å². The van der Waals surface area contributed by atoms with Crippen molar-refractivity contribution in [3.8, 4) is 0 Å². The quantitative estimate of drug-likeness (QED) is 0.629. The molecular formula is C16H14O. The third-order valence-corrected chi connectivity index (χ3v) is 3.08. The third kappa shape index (κ3) is 1.96. The number of furan rings is 1. The molecule has 0 aliphatic rings. The molecule has 84 valence electrons. The molecule has 0 unspecified atom stereocenters. The number of aryl methyl sites for hydroxylation is 1. The Hall–Kier alpha value is -2.02. The summed E-state index contributed by atoms with van der Waals surface area (Å²) in [5.41, 5.74) is 4.84. The summed E-state index contributed by atoms with van der Waals surface area (Å²) in [4.78, 5) is 0. The van der Waals surface area contributed by atoms with Crippen LogP contribution in [0, 0.1) is 6.92 Å². The second-order valence-electron chi connectivity index (χ2n) is 4.42. The summed E-state index contributed by atoms with van der Waals surface area (Å²) in [5, 5.41) is 1.22. The van der Waals surface area contributed by atoms with Crippen LogP contribution in [0.2, 0.25) is 0 Å². The zero-order valence-corrected chi connectivity index (χ0v) is 9.81. The Bertz CT molecular complexity index is 632. The van der Waals surface area contributed by atoms with Gasteiger partial charge in [0.25, 0.3) is 0 Å². The lowest BCUT2D eigenvalue weighted by atomic mass is 10.0. The highest BCUT2D eigenvalue weighted by atomic mass is 16.3. The van der Waals surface area contributed by atoms with Crippen LogP contribution in [0.4, 0.5) is 0 Å². The summed E-state index contributed by atoms with van der Waals surface area (Å²) in [6.07, 6.45) is 2.79. The van der Waals surface area contributed by atoms with E-state index in [4.69, 9.17) is 4.42 Å². The third-order valence-electron chi connectivity index (χ3n) is 3.08. The van der Waals surface area contributed by atoms with Gasteiger partial charge in [-0.2, -0.15) is 0 Å². The average Bonchev–Trinajstić information content (AvgIpc) is 2.76. The van der Waals surface area contributed by atoms with E-state index in [1.165, 1.54) is 22.1 Å². The van der Waals surface area contributed by atoms with Gasteiger partial charge in [-0.15, -0.1) is 0 Å². The lowest BCUT2D eigenvalue weighted by Gasteiger charge is -2.00. The maximum Gasteiger partial charge on any atom is 0.134 e. The highest BCUT2D eigenvalue weighted by molar-refractivity contribution is 5.81. The highest BCUT2D eigenvalue weighted by Crippen LogP contribution is 2.23. The van der Waals surface area contributed by atoms with Crippen molar-refractivity contribution in [1.82, 2.24) is 0 Å². The molecular weight excluding hydrogens is 208 g/mol. The first kappa shape index (κ1) is 10.2. The summed E-state index contributed by atoms with van der Waals surface area (Å²) in [7, 11) is 0. The van der Waals surface area contributed by atoms with E-state index < -0.39 is 0 Å². The molecule has 0 amide bonds. The van der Waals surface area contributed by atoms with Crippen molar-refractivity contribution in [3.05, 3.63) is 71.5 Å². The number of benzene rings is 2. The fraction of sp³-hybridized carbons (Fsp3) is 0.125. The molecule has 1 nitrogen and oxygen atoms in total. The van der Waals surface area contributed by atoms with E-state index in [2.05, 4.69) is 43.3 Å². The Morgan fingerprint density at radius 2 is 1.71 bits per heavy atom. The first-order chi connectivity index (χ1) is 8.33. The molecule has 0 fully saturated rings. The Kier molecular flexibility index (Phi) is 2.45. The minimum atomic E-state index is 0.928. The predicted octanol–water partition coefficient (Wildman–Crippen LogP) is 4.33. The van der Waals surface area contributed by atoms with Gasteiger partial charge >= 0.3 is 0 Å². The zero-order chi connectivity index (χ0) is 11.7. The van der Waals surface area contributed by atoms with Gasteiger partial charge in [-0.1, -0.05) is 48.0 Å². The molecule has 0 saturated carbocycles. The van der Waals surface area contributed by atoms with Gasteiger partial charge in [0.15, 0.2) is 0 Å². The smallest absolute Gasteiger partial charge is 0.134 e. The lowest BCUT2D eigenvalue weighted by Crippen LogP contribution is -1.86. The molecule has 0 bridgehead atoms. The molecule has 17 heavy (non-hydrogen) atoms. The number of hydrogen-bond acceptors (Lipinski definition) is 1. The molecule has 1 aromatic heterocycles. The van der Waals surface area contributed by atoms with Gasteiger partial charge < -0.3 is 4.42 Å². The predicted molar refractivity (Wildman–Crippen MR) is 70.2 cm³/mol. The number of para-hydroxylation sites is 1. The van der Waals surface area contributed by atoms with Crippen LogP contribution in [0.1, 0.15) is 16.7 Å². The van der Waals surface area contributed by atoms with Gasteiger partial charge in [-0.05, 0) is 18.6 Å². The van der Waals surface area contributed by atoms with E-state index in [1.807, 2.05) is 18.4 Å². The normalized spacial score (nSPS) is 10.9. The molecule has 0 spiro atoms. The van der Waals surface area contributed by atoms with Crippen molar-refractivity contribution < 1.29 is 4.42 Å². The molecule has 3 aromatic rings. The van der Waals surface area contributed by atoms with Crippen LogP contribution in [-0.4, -0.2) is 0 Å². The Morgan fingerprint density at radius 1 is 0.941 bits per heavy atom. The molecule has 0 aliphatic carbocycles. The van der Waals surface area contributed by atoms with Crippen molar-refractivity contribution in [1.29, 1.82) is 0 Å². The Labute approximate surface area is 101 Å². The second kappa shape index (κ2) is 4.10. The standard InChI is InChI=1S/C16H14O/c1-12-6-8-13(9-7-12)10-14-11-17-16-5-3-2-4-15(14)16/h2-9,11H,10H2,1H3. The van der Waals surface area contributed by atoms with Gasteiger partial charge in [0.05, 0.1) is 6.26 Å². The van der Waals surface area contributed by atoms with Crippen molar-refractivity contribution >= 4 is 11.0 Å². The second-order valence-corrected chi connectivity index (χ2v) is 4.42. The maximum atomic E-state index is 5.54. The van der Waals surface area contributed by atoms with E-state index in [1.54, 1.807) is 0 Å². The van der Waals surface area contributed by atoms with Gasteiger partial charge in [0, 0.05) is 17.4 Å². The minimum absolute atomic E-state index is 0.928. The van der Waals surface area contributed by atoms with Gasteiger partial charge in [-0.25, -0.2) is 0 Å². The highest BCUT2D eigenvalue weighted by Gasteiger charge is 2.05. The Morgan fingerprint density at radius 3 is 2.53 bits per heavy atom. The summed E-state index contributed by atoms with van der Waals surface area (Å²) in [5.74, 6) is 0. The number of fused-ring (bicyclic) bond motifs is 1. The van der Waals surface area contributed by atoms with Gasteiger partial charge in [0.1, 0.15) is 5.58 Å². The monoisotopic (exact) mass is 222 g/mol. The Balaban J connectivity index is 1.97. The van der Waals surface area contributed by atoms with Crippen LogP contribution in [0.15, 0.2) is 59.2 Å². The van der Waals surface area contributed by atoms with Crippen molar-refractivity contribution in [2.24, 2.45) is 0 Å². The SMILES string of the molecule is Cc1ccc(Cc2coc3ccccc23)cc1. The summed E-state index contributed by atoms with van der Waals surface area (Å²) in [6.45, 7) is 2.11. The molecule has 1 heteroatoms. The molecule has 1 heterocycles. The van der Waals surface area contributed by atoms with E-state index >= 15 is 0 Å². The van der Waals surface area contributed by atoms with Crippen LogP contribution in [0.5, 0.6) is 0 Å². The van der Waals surface area contributed by atoms with Crippen LogP contribution in [0.3, 0.4) is 0 Å². The van der Waals surface area contributed by atoms with E-state index in [9.17, 15) is 0 Å². The van der Waals surface area contributed by atoms with E-state index in [0.29, 0.717) is 0 Å². The van der Waals surface area contributed by atoms with Crippen molar-refractivity contribution in [2.75, 3.05) is 0 Å². The molecule has 0 atom stereocenters. The van der Waals surface area contributed by atoms with Crippen molar-refractivity contribution in [2.45, 2.75) is 13.3 Å². The fourth-order valence-electron chi connectivity index (χ4n) is 2.10. The van der Waals surface area contributed by atoms with Crippen LogP contribution in [-0.2, 0) is 6.42 Å². The first-order valence-corrected chi connectivity index (χ1v) is 5.83. The molecule has 0 radical (unpaired) electrons. The van der Waals surface area contributed by atoms with Crippen LogP contribution < -0.4 is 0 Å². The first-order valence-electron chi connectivity index (χ1n) is 5.83. The summed E-state index contributed by atoms with van der Waals surface area (Å²) >= 11 is 0. The van der Waals surface area contributed by atoms with Crippen LogP contribution in [0.25, 0.3) is 11.0 Å². The zero-order valence-electron chi connectivity index (χ0n) is 9.81. The number of hydrogen-bond donors (Lipinski definition) is 0. The maximum absolute atomic E-state index is 5.54. The molecule has 0 saturated heterocycles. The van der Waals surface area contributed by atoms with Crippen LogP contribution >= 0.6 is 0 Å². The molecule has 0 N–H and O–H groups in total. The largest absolute Gasteiger partial charge is 0.464 e. The van der Waals surface area contributed by atoms with Gasteiger partial charge in [0.2, 0.25) is 0 Å². The lowest BCUT2D eigenvalue weighted by molar-refractivity contribution is 0.611. The van der Waals surface area contributed by atoms with E-state index in [0.717, 1.165) is 12.0 Å². The summed E-state index contributed by atoms with van der Waals surface area (Å²) in [6, 6.07) is 16.8. The molecule has 0 aliphatic heterocycles. The topological polar surface area (TPSA) is 13.1 Å². The summed E-state index contributed by atoms with van der Waals surface area (Å²) < 4.78 is 5.54. The number of rotatable bonds is 2. The minimum Gasteiger partial charge on any atom is -0.464 e.